The number of hydrogen-bond donors (Lipinski definition) is 0. The maximum atomic E-state index is 12.7. The van der Waals surface area contributed by atoms with Gasteiger partial charge in [-0.1, -0.05) is 11.6 Å². The van der Waals surface area contributed by atoms with E-state index in [1.165, 1.54) is 4.90 Å². The fraction of sp³-hybridized carbons (Fsp3) is 0.500. The Hall–Kier alpha value is -2.08. The summed E-state index contributed by atoms with van der Waals surface area (Å²) in [6.45, 7) is 9.05. The van der Waals surface area contributed by atoms with Gasteiger partial charge in [-0.05, 0) is 58.9 Å². The van der Waals surface area contributed by atoms with Gasteiger partial charge in [0.05, 0.1) is 0 Å². The number of urea groups is 1. The molecule has 4 amide bonds. The molecule has 1 aliphatic rings. The Morgan fingerprint density at radius 3 is 2.12 bits per heavy atom. The zero-order valence-corrected chi connectivity index (χ0v) is 15.9. The van der Waals surface area contributed by atoms with E-state index >= 15 is 0 Å². The van der Waals surface area contributed by atoms with Crippen molar-refractivity contribution < 1.29 is 14.4 Å². The maximum absolute atomic E-state index is 12.7. The minimum absolute atomic E-state index is 0.00917. The van der Waals surface area contributed by atoms with Crippen LogP contribution < -0.4 is 4.90 Å². The van der Waals surface area contributed by atoms with Gasteiger partial charge < -0.3 is 4.90 Å². The van der Waals surface area contributed by atoms with Gasteiger partial charge in [-0.2, -0.15) is 0 Å². The summed E-state index contributed by atoms with van der Waals surface area (Å²) >= 11 is 5.88. The maximum Gasteiger partial charge on any atom is 0.332 e. The van der Waals surface area contributed by atoms with E-state index in [4.69, 9.17) is 11.6 Å². The van der Waals surface area contributed by atoms with Crippen molar-refractivity contribution in [2.75, 3.05) is 11.4 Å². The van der Waals surface area contributed by atoms with Gasteiger partial charge in [0, 0.05) is 22.8 Å². The highest BCUT2D eigenvalue weighted by Crippen LogP contribution is 2.27. The molecule has 1 atom stereocenters. The molecule has 0 aromatic heterocycles. The molecule has 0 saturated carbocycles. The molecule has 1 unspecified atom stereocenters. The Balaban J connectivity index is 2.22. The average molecular weight is 366 g/mol. The molecule has 136 valence electrons. The topological polar surface area (TPSA) is 60.9 Å². The number of benzene rings is 1. The predicted octanol–water partition coefficient (Wildman–Crippen LogP) is 3.14. The van der Waals surface area contributed by atoms with Crippen LogP contribution in [-0.2, 0) is 9.59 Å². The van der Waals surface area contributed by atoms with Crippen LogP contribution in [0.2, 0.25) is 5.02 Å². The Bertz CT molecular complexity index is 665. The second-order valence-electron chi connectivity index (χ2n) is 6.72. The Morgan fingerprint density at radius 1 is 1.12 bits per heavy atom. The molecule has 2 rings (SSSR count). The quantitative estimate of drug-likeness (QED) is 0.753. The van der Waals surface area contributed by atoms with E-state index in [0.717, 1.165) is 4.90 Å². The zero-order valence-electron chi connectivity index (χ0n) is 15.2. The summed E-state index contributed by atoms with van der Waals surface area (Å²) in [7, 11) is 0. The van der Waals surface area contributed by atoms with Gasteiger partial charge in [-0.15, -0.1) is 0 Å². The fourth-order valence-corrected chi connectivity index (χ4v) is 3.32. The first-order valence-electron chi connectivity index (χ1n) is 8.36. The predicted molar refractivity (Wildman–Crippen MR) is 97.6 cm³/mol. The van der Waals surface area contributed by atoms with E-state index in [0.29, 0.717) is 10.7 Å². The minimum Gasteiger partial charge on any atom is -0.336 e. The van der Waals surface area contributed by atoms with Gasteiger partial charge in [-0.25, -0.2) is 4.79 Å². The molecule has 0 spiro atoms. The van der Waals surface area contributed by atoms with Crippen LogP contribution in [0, 0.1) is 0 Å². The van der Waals surface area contributed by atoms with Crippen molar-refractivity contribution in [2.24, 2.45) is 0 Å². The Labute approximate surface area is 153 Å². The fourth-order valence-electron chi connectivity index (χ4n) is 3.20. The second-order valence-corrected chi connectivity index (χ2v) is 7.15. The van der Waals surface area contributed by atoms with Crippen LogP contribution in [0.25, 0.3) is 0 Å². The number of rotatable bonds is 5. The normalized spacial score (nSPS) is 17.8. The number of carbonyl (C=O) groups excluding carboxylic acids is 3. The number of nitrogens with zero attached hydrogens (tertiary/aromatic N) is 3. The Kier molecular flexibility index (Phi) is 5.72. The first-order chi connectivity index (χ1) is 11.6. The second kappa shape index (κ2) is 7.44. The summed E-state index contributed by atoms with van der Waals surface area (Å²) in [6.07, 6.45) is 0. The van der Waals surface area contributed by atoms with Crippen molar-refractivity contribution in [3.8, 4) is 0 Å². The minimum atomic E-state index is -0.659. The van der Waals surface area contributed by atoms with Gasteiger partial charge in [0.1, 0.15) is 12.6 Å². The van der Waals surface area contributed by atoms with Crippen molar-refractivity contribution in [3.05, 3.63) is 29.3 Å². The Morgan fingerprint density at radius 2 is 1.64 bits per heavy atom. The molecule has 1 aromatic rings. The number of halogens is 1. The highest BCUT2D eigenvalue weighted by atomic mass is 35.5. The molecule has 1 heterocycles. The summed E-state index contributed by atoms with van der Waals surface area (Å²) in [5.74, 6) is -0.613. The monoisotopic (exact) mass is 365 g/mol. The summed E-state index contributed by atoms with van der Waals surface area (Å²) < 4.78 is 0. The van der Waals surface area contributed by atoms with Crippen molar-refractivity contribution in [3.63, 3.8) is 0 Å². The number of carbonyl (C=O) groups is 3. The van der Waals surface area contributed by atoms with Crippen LogP contribution in [0.4, 0.5) is 10.5 Å². The summed E-state index contributed by atoms with van der Waals surface area (Å²) in [5, 5.41) is 0.547. The van der Waals surface area contributed by atoms with E-state index < -0.39 is 12.1 Å². The van der Waals surface area contributed by atoms with E-state index in [1.807, 2.05) is 27.7 Å². The average Bonchev–Trinajstić information content (AvgIpc) is 2.71. The van der Waals surface area contributed by atoms with Gasteiger partial charge in [-0.3, -0.25) is 19.4 Å². The molecule has 0 bridgehead atoms. The molecule has 25 heavy (non-hydrogen) atoms. The molecule has 1 aromatic carbocycles. The lowest BCUT2D eigenvalue weighted by Gasteiger charge is -2.31. The van der Waals surface area contributed by atoms with Crippen molar-refractivity contribution in [2.45, 2.75) is 52.7 Å². The van der Waals surface area contributed by atoms with Crippen LogP contribution in [0.1, 0.15) is 34.6 Å². The van der Waals surface area contributed by atoms with Crippen LogP contribution in [0.5, 0.6) is 0 Å². The van der Waals surface area contributed by atoms with Crippen molar-refractivity contribution in [1.29, 1.82) is 0 Å². The van der Waals surface area contributed by atoms with E-state index in [2.05, 4.69) is 0 Å². The van der Waals surface area contributed by atoms with Gasteiger partial charge in [0.2, 0.25) is 5.91 Å². The van der Waals surface area contributed by atoms with Crippen LogP contribution in [-0.4, -0.2) is 52.3 Å². The largest absolute Gasteiger partial charge is 0.336 e. The highest BCUT2D eigenvalue weighted by molar-refractivity contribution is 6.30. The van der Waals surface area contributed by atoms with Gasteiger partial charge in [0.25, 0.3) is 5.91 Å². The van der Waals surface area contributed by atoms with E-state index in [9.17, 15) is 14.4 Å². The lowest BCUT2D eigenvalue weighted by atomic mass is 10.2. The molecular weight excluding hydrogens is 342 g/mol. The zero-order chi connectivity index (χ0) is 18.9. The molecule has 7 heteroatoms. The third-order valence-corrected chi connectivity index (χ3v) is 4.50. The first-order valence-corrected chi connectivity index (χ1v) is 8.74. The standard InChI is InChI=1S/C18H24ClN3O3/c1-11(2)21(12(3)4)16(23)10-20-17(24)13(5)22(18(20)25)15-8-6-14(19)7-9-15/h6-9,11-13H,10H2,1-5H3. The van der Waals surface area contributed by atoms with E-state index in [-0.39, 0.29) is 30.4 Å². The van der Waals surface area contributed by atoms with Gasteiger partial charge >= 0.3 is 6.03 Å². The third kappa shape index (κ3) is 3.79. The molecular formula is C18H24ClN3O3. The summed E-state index contributed by atoms with van der Waals surface area (Å²) in [6, 6.07) is 5.53. The van der Waals surface area contributed by atoms with Crippen molar-refractivity contribution in [1.82, 2.24) is 9.80 Å². The van der Waals surface area contributed by atoms with Gasteiger partial charge in [0.15, 0.2) is 0 Å². The molecule has 1 aliphatic heterocycles. The highest BCUT2D eigenvalue weighted by Gasteiger charge is 2.44. The molecule has 1 saturated heterocycles. The first kappa shape index (κ1) is 19.2. The van der Waals surface area contributed by atoms with Crippen LogP contribution >= 0.6 is 11.6 Å². The lowest BCUT2D eigenvalue weighted by Crippen LogP contribution is -2.48. The third-order valence-electron chi connectivity index (χ3n) is 4.25. The van der Waals surface area contributed by atoms with Crippen molar-refractivity contribution >= 4 is 35.1 Å². The SMILES string of the molecule is CC1C(=O)N(CC(=O)N(C(C)C)C(C)C)C(=O)N1c1ccc(Cl)cc1. The molecule has 0 radical (unpaired) electrons. The summed E-state index contributed by atoms with van der Waals surface area (Å²) in [4.78, 5) is 42.0. The lowest BCUT2D eigenvalue weighted by molar-refractivity contribution is -0.139. The smallest absolute Gasteiger partial charge is 0.332 e. The number of hydrogen-bond acceptors (Lipinski definition) is 3. The number of imide groups is 1. The molecule has 0 aliphatic carbocycles. The van der Waals surface area contributed by atoms with Crippen LogP contribution in [0.3, 0.4) is 0 Å². The number of anilines is 1. The number of amides is 4. The molecule has 0 N–H and O–H groups in total. The molecule has 6 nitrogen and oxygen atoms in total. The summed E-state index contributed by atoms with van der Waals surface area (Å²) in [5.41, 5.74) is 0.578. The van der Waals surface area contributed by atoms with Crippen LogP contribution in [0.15, 0.2) is 24.3 Å². The molecule has 1 fully saturated rings. The van der Waals surface area contributed by atoms with E-state index in [1.54, 1.807) is 36.1 Å².